The van der Waals surface area contributed by atoms with Crippen molar-refractivity contribution >= 4 is 38.1 Å². The number of hydrogen-bond acceptors (Lipinski definition) is 7. The molecule has 29 heavy (non-hydrogen) atoms. The summed E-state index contributed by atoms with van der Waals surface area (Å²) in [6.45, 7) is 4.03. The normalized spacial score (nSPS) is 22.4. The third-order valence-corrected chi connectivity index (χ3v) is 7.98. The highest BCUT2D eigenvalue weighted by atomic mass is 32.2. The molecule has 1 saturated heterocycles. The Kier molecular flexibility index (Phi) is 5.12. The van der Waals surface area contributed by atoms with Crippen LogP contribution in [0.1, 0.15) is 16.7 Å². The lowest BCUT2D eigenvalue weighted by Gasteiger charge is -2.28. The number of nitro benzene ring substituents is 1. The van der Waals surface area contributed by atoms with Crippen molar-refractivity contribution in [1.82, 2.24) is 0 Å². The van der Waals surface area contributed by atoms with E-state index < -0.39 is 14.8 Å². The maximum Gasteiger partial charge on any atom is 0.269 e. The summed E-state index contributed by atoms with van der Waals surface area (Å²) in [7, 11) is -3.09. The van der Waals surface area contributed by atoms with Crippen LogP contribution in [0.25, 0.3) is 0 Å². The van der Waals surface area contributed by atoms with Crippen LogP contribution in [-0.2, 0) is 15.6 Å². The number of aryl methyl sites for hydroxylation is 2. The highest BCUT2D eigenvalue weighted by Gasteiger charge is 2.47. The topological polar surface area (TPSA) is 92.9 Å². The third-order valence-electron chi connectivity index (χ3n) is 5.25. The van der Waals surface area contributed by atoms with Crippen molar-refractivity contribution in [2.45, 2.75) is 31.7 Å². The largest absolute Gasteiger partial charge is 0.315 e. The molecular weight excluding hydrogens is 410 g/mol. The molecule has 4 rings (SSSR count). The Morgan fingerprint density at radius 2 is 1.90 bits per heavy atom. The zero-order chi connectivity index (χ0) is 20.8. The Hall–Kier alpha value is -2.39. The number of anilines is 1. The average molecular weight is 432 g/mol. The molecule has 9 heteroatoms. The molecule has 0 aromatic heterocycles. The second-order valence-corrected chi connectivity index (χ2v) is 10.6. The molecule has 2 aliphatic rings. The van der Waals surface area contributed by atoms with Crippen molar-refractivity contribution in [2.75, 3.05) is 16.4 Å². The lowest BCUT2D eigenvalue weighted by Crippen LogP contribution is -2.39. The maximum atomic E-state index is 12.2. The van der Waals surface area contributed by atoms with E-state index >= 15 is 0 Å². The zero-order valence-electron chi connectivity index (χ0n) is 16.1. The monoisotopic (exact) mass is 431 g/mol. The summed E-state index contributed by atoms with van der Waals surface area (Å²) < 4.78 is 24.4. The predicted octanol–water partition coefficient (Wildman–Crippen LogP) is 3.49. The van der Waals surface area contributed by atoms with Gasteiger partial charge in [-0.25, -0.2) is 8.42 Å². The van der Waals surface area contributed by atoms with Gasteiger partial charge in [-0.1, -0.05) is 36.0 Å². The lowest BCUT2D eigenvalue weighted by atomic mass is 10.1. The second-order valence-electron chi connectivity index (χ2n) is 7.50. The molecule has 0 amide bonds. The van der Waals surface area contributed by atoms with Crippen molar-refractivity contribution in [2.24, 2.45) is 4.99 Å². The van der Waals surface area contributed by atoms with Crippen molar-refractivity contribution < 1.29 is 13.3 Å². The van der Waals surface area contributed by atoms with E-state index in [4.69, 9.17) is 4.99 Å². The van der Waals surface area contributed by atoms with Crippen LogP contribution in [0.5, 0.6) is 0 Å². The van der Waals surface area contributed by atoms with E-state index in [2.05, 4.69) is 11.0 Å². The number of benzene rings is 2. The molecule has 0 radical (unpaired) electrons. The Balaban J connectivity index is 1.61. The van der Waals surface area contributed by atoms with Gasteiger partial charge in [-0.3, -0.25) is 15.1 Å². The maximum absolute atomic E-state index is 12.2. The molecule has 7 nitrogen and oxygen atoms in total. The van der Waals surface area contributed by atoms with Gasteiger partial charge in [0.25, 0.3) is 5.69 Å². The minimum atomic E-state index is -3.09. The molecule has 0 unspecified atom stereocenters. The van der Waals surface area contributed by atoms with Crippen LogP contribution in [-0.4, -0.2) is 42.1 Å². The third kappa shape index (κ3) is 4.02. The van der Waals surface area contributed by atoms with Crippen LogP contribution in [0, 0.1) is 24.0 Å². The summed E-state index contributed by atoms with van der Waals surface area (Å²) in [6, 6.07) is 12.2. The smallest absolute Gasteiger partial charge is 0.269 e. The summed E-state index contributed by atoms with van der Waals surface area (Å²) in [5.74, 6) is 0.793. The molecule has 2 aliphatic heterocycles. The highest BCUT2D eigenvalue weighted by Crippen LogP contribution is 2.37. The SMILES string of the molecule is Cc1ccc(C)c(N2C(SCc3ccc([N+](=O)[O-])cc3)=N[C@H]3CS(=O)(=O)C[C@@H]32)c1. The first-order valence-corrected chi connectivity index (χ1v) is 12.0. The minimum absolute atomic E-state index is 0.0636. The molecule has 152 valence electrons. The number of aliphatic imine (C=N–C) groups is 1. The molecule has 0 saturated carbocycles. The number of fused-ring (bicyclic) bond motifs is 1. The quantitative estimate of drug-likeness (QED) is 0.543. The van der Waals surface area contributed by atoms with E-state index in [0.717, 1.165) is 27.5 Å². The fraction of sp³-hybridized carbons (Fsp3) is 0.350. The highest BCUT2D eigenvalue weighted by molar-refractivity contribution is 8.13. The van der Waals surface area contributed by atoms with Gasteiger partial charge in [0.05, 0.1) is 28.5 Å². The molecule has 0 spiro atoms. The van der Waals surface area contributed by atoms with Crippen LogP contribution in [0.4, 0.5) is 11.4 Å². The number of rotatable bonds is 4. The van der Waals surface area contributed by atoms with Crippen molar-refractivity contribution in [1.29, 1.82) is 0 Å². The molecule has 2 atom stereocenters. The van der Waals surface area contributed by atoms with Crippen LogP contribution in [0.3, 0.4) is 0 Å². The van der Waals surface area contributed by atoms with E-state index in [1.54, 1.807) is 12.1 Å². The first-order chi connectivity index (χ1) is 13.7. The van der Waals surface area contributed by atoms with Gasteiger partial charge in [-0.05, 0) is 36.6 Å². The van der Waals surface area contributed by atoms with Gasteiger partial charge in [0.2, 0.25) is 0 Å². The Labute approximate surface area is 173 Å². The minimum Gasteiger partial charge on any atom is -0.315 e. The average Bonchev–Trinajstić information content (AvgIpc) is 3.13. The van der Waals surface area contributed by atoms with Crippen LogP contribution in [0.2, 0.25) is 0 Å². The van der Waals surface area contributed by atoms with Gasteiger partial charge >= 0.3 is 0 Å². The van der Waals surface area contributed by atoms with Crippen LogP contribution in [0.15, 0.2) is 47.5 Å². The molecule has 0 N–H and O–H groups in total. The first kappa shape index (κ1) is 19.9. The van der Waals surface area contributed by atoms with E-state index in [-0.39, 0.29) is 29.3 Å². The number of amidine groups is 1. The standard InChI is InChI=1S/C20H21N3O4S2/c1-13-3-4-14(2)18(9-13)22-19-12-29(26,27)11-17(19)21-20(22)28-10-15-5-7-16(8-6-15)23(24)25/h3-9,17,19H,10-12H2,1-2H3/t17-,19-/m0/s1. The van der Waals surface area contributed by atoms with Gasteiger partial charge in [-0.15, -0.1) is 0 Å². The van der Waals surface area contributed by atoms with Gasteiger partial charge in [-0.2, -0.15) is 0 Å². The molecule has 2 aromatic carbocycles. The molecule has 0 aliphatic carbocycles. The van der Waals surface area contributed by atoms with Gasteiger partial charge in [0, 0.05) is 23.6 Å². The number of nitro groups is 1. The summed E-state index contributed by atoms with van der Waals surface area (Å²) in [6.07, 6.45) is 0. The van der Waals surface area contributed by atoms with Gasteiger partial charge in [0.15, 0.2) is 15.0 Å². The van der Waals surface area contributed by atoms with Gasteiger partial charge < -0.3 is 4.90 Å². The van der Waals surface area contributed by atoms with Gasteiger partial charge in [0.1, 0.15) is 0 Å². The number of nitrogens with zero attached hydrogens (tertiary/aromatic N) is 3. The fourth-order valence-electron chi connectivity index (χ4n) is 3.76. The number of thioether (sulfide) groups is 1. The van der Waals surface area contributed by atoms with E-state index in [1.165, 1.54) is 23.9 Å². The first-order valence-electron chi connectivity index (χ1n) is 9.24. The number of hydrogen-bond donors (Lipinski definition) is 0. The number of non-ortho nitro benzene ring substituents is 1. The van der Waals surface area contributed by atoms with Crippen molar-refractivity contribution in [3.63, 3.8) is 0 Å². The molecule has 2 aromatic rings. The van der Waals surface area contributed by atoms with E-state index in [0.29, 0.717) is 5.75 Å². The Bertz CT molecular complexity index is 1100. The van der Waals surface area contributed by atoms with Crippen molar-refractivity contribution in [3.05, 3.63) is 69.3 Å². The van der Waals surface area contributed by atoms with Crippen LogP contribution >= 0.6 is 11.8 Å². The van der Waals surface area contributed by atoms with Crippen molar-refractivity contribution in [3.8, 4) is 0 Å². The second kappa shape index (κ2) is 7.46. The summed E-state index contributed by atoms with van der Waals surface area (Å²) >= 11 is 1.54. The summed E-state index contributed by atoms with van der Waals surface area (Å²) in [4.78, 5) is 17.2. The molecule has 0 bridgehead atoms. The molecular formula is C20H21N3O4S2. The molecule has 2 heterocycles. The van der Waals surface area contributed by atoms with E-state index in [1.807, 2.05) is 26.0 Å². The molecule has 1 fully saturated rings. The fourth-order valence-corrected chi connectivity index (χ4v) is 6.67. The number of sulfone groups is 1. The Morgan fingerprint density at radius 3 is 2.59 bits per heavy atom. The zero-order valence-corrected chi connectivity index (χ0v) is 17.7. The lowest BCUT2D eigenvalue weighted by molar-refractivity contribution is -0.384. The summed E-state index contributed by atoms with van der Waals surface area (Å²) in [5, 5.41) is 11.6. The van der Waals surface area contributed by atoms with E-state index in [9.17, 15) is 18.5 Å². The Morgan fingerprint density at radius 1 is 1.17 bits per heavy atom. The predicted molar refractivity (Wildman–Crippen MR) is 116 cm³/mol. The summed E-state index contributed by atoms with van der Waals surface area (Å²) in [5.41, 5.74) is 4.19. The van der Waals surface area contributed by atoms with Crippen LogP contribution < -0.4 is 4.90 Å².